The van der Waals surface area contributed by atoms with E-state index in [2.05, 4.69) is 4.98 Å². The Bertz CT molecular complexity index is 871. The van der Waals surface area contributed by atoms with Gasteiger partial charge in [-0.05, 0) is 30.3 Å². The maximum Gasteiger partial charge on any atom is 0.258 e. The fraction of sp³-hybridized carbons (Fsp3) is 0.125. The van der Waals surface area contributed by atoms with E-state index in [4.69, 9.17) is 11.6 Å². The second kappa shape index (κ2) is 5.22. The minimum absolute atomic E-state index is 0.132. The van der Waals surface area contributed by atoms with Crippen molar-refractivity contribution in [1.29, 1.82) is 0 Å². The summed E-state index contributed by atoms with van der Waals surface area (Å²) >= 11 is 6.04. The van der Waals surface area contributed by atoms with Crippen molar-refractivity contribution in [3.05, 3.63) is 64.0 Å². The molecule has 0 fully saturated rings. The molecule has 0 atom stereocenters. The summed E-state index contributed by atoms with van der Waals surface area (Å²) in [6, 6.07) is 12.6. The molecular formula is C16H14ClN3O. The Balaban J connectivity index is 2.42. The van der Waals surface area contributed by atoms with E-state index in [9.17, 15) is 4.79 Å². The van der Waals surface area contributed by atoms with E-state index in [1.165, 1.54) is 0 Å². The molecule has 2 heterocycles. The van der Waals surface area contributed by atoms with Crippen LogP contribution in [0.25, 0.3) is 16.7 Å². The quantitative estimate of drug-likeness (QED) is 0.730. The largest absolute Gasteiger partial charge is 0.377 e. The van der Waals surface area contributed by atoms with E-state index in [1.807, 2.05) is 43.3 Å². The summed E-state index contributed by atoms with van der Waals surface area (Å²) < 4.78 is 1.58. The van der Waals surface area contributed by atoms with Gasteiger partial charge < -0.3 is 4.90 Å². The van der Waals surface area contributed by atoms with Crippen LogP contribution in [0.3, 0.4) is 0 Å². The smallest absolute Gasteiger partial charge is 0.258 e. The monoisotopic (exact) mass is 299 g/mol. The Kier molecular flexibility index (Phi) is 3.39. The SMILES string of the molecule is CN(C)c1cc(=O)n(-c2cccc(Cl)c2)c2ncccc12. The number of rotatable bonds is 2. The Morgan fingerprint density at radius 3 is 2.67 bits per heavy atom. The minimum Gasteiger partial charge on any atom is -0.377 e. The van der Waals surface area contributed by atoms with Crippen molar-refractivity contribution < 1.29 is 0 Å². The highest BCUT2D eigenvalue weighted by molar-refractivity contribution is 6.30. The van der Waals surface area contributed by atoms with Gasteiger partial charge >= 0.3 is 0 Å². The van der Waals surface area contributed by atoms with Crippen LogP contribution in [0.2, 0.25) is 5.02 Å². The second-order valence-corrected chi connectivity index (χ2v) is 5.39. The molecule has 0 N–H and O–H groups in total. The van der Waals surface area contributed by atoms with E-state index in [1.54, 1.807) is 29.0 Å². The number of benzene rings is 1. The Morgan fingerprint density at radius 2 is 1.95 bits per heavy atom. The summed E-state index contributed by atoms with van der Waals surface area (Å²) in [5.41, 5.74) is 2.05. The first kappa shape index (κ1) is 13.6. The molecule has 0 bridgehead atoms. The molecular weight excluding hydrogens is 286 g/mol. The third-order valence-corrected chi connectivity index (χ3v) is 3.54. The van der Waals surface area contributed by atoms with Crippen molar-refractivity contribution in [1.82, 2.24) is 9.55 Å². The molecule has 0 aliphatic heterocycles. The third kappa shape index (κ3) is 2.38. The predicted molar refractivity (Wildman–Crippen MR) is 86.7 cm³/mol. The lowest BCUT2D eigenvalue weighted by molar-refractivity contribution is 1.00. The number of fused-ring (bicyclic) bond motifs is 1. The lowest BCUT2D eigenvalue weighted by Crippen LogP contribution is -2.22. The lowest BCUT2D eigenvalue weighted by atomic mass is 10.2. The molecule has 4 nitrogen and oxygen atoms in total. The Labute approximate surface area is 127 Å². The Hall–Kier alpha value is -2.33. The minimum atomic E-state index is -0.132. The zero-order valence-corrected chi connectivity index (χ0v) is 12.5. The van der Waals surface area contributed by atoms with Gasteiger partial charge in [0.1, 0.15) is 5.65 Å². The third-order valence-electron chi connectivity index (χ3n) is 3.30. The maximum absolute atomic E-state index is 12.5. The van der Waals surface area contributed by atoms with Crippen molar-refractivity contribution >= 4 is 28.3 Å². The van der Waals surface area contributed by atoms with Gasteiger partial charge in [0.25, 0.3) is 5.56 Å². The van der Waals surface area contributed by atoms with E-state index in [0.717, 1.165) is 11.1 Å². The molecule has 0 aliphatic rings. The lowest BCUT2D eigenvalue weighted by Gasteiger charge is -2.17. The highest BCUT2D eigenvalue weighted by atomic mass is 35.5. The van der Waals surface area contributed by atoms with Crippen LogP contribution in [0, 0.1) is 0 Å². The fourth-order valence-corrected chi connectivity index (χ4v) is 2.56. The number of aromatic nitrogens is 2. The number of hydrogen-bond acceptors (Lipinski definition) is 3. The van der Waals surface area contributed by atoms with Crippen LogP contribution in [0.1, 0.15) is 0 Å². The van der Waals surface area contributed by atoms with Crippen molar-refractivity contribution in [2.75, 3.05) is 19.0 Å². The predicted octanol–water partition coefficient (Wildman–Crippen LogP) is 3.11. The van der Waals surface area contributed by atoms with E-state index in [0.29, 0.717) is 16.4 Å². The average molecular weight is 300 g/mol. The van der Waals surface area contributed by atoms with Gasteiger partial charge in [0.15, 0.2) is 0 Å². The molecule has 0 spiro atoms. The molecule has 1 aromatic carbocycles. The van der Waals surface area contributed by atoms with Gasteiger partial charge in [-0.25, -0.2) is 4.98 Å². The summed E-state index contributed by atoms with van der Waals surface area (Å²) in [7, 11) is 3.82. The van der Waals surface area contributed by atoms with Crippen LogP contribution >= 0.6 is 11.6 Å². The molecule has 0 radical (unpaired) electrons. The van der Waals surface area contributed by atoms with Gasteiger partial charge in [-0.3, -0.25) is 9.36 Å². The first-order valence-electron chi connectivity index (χ1n) is 6.52. The molecule has 0 amide bonds. The van der Waals surface area contributed by atoms with Crippen molar-refractivity contribution in [2.24, 2.45) is 0 Å². The molecule has 3 rings (SSSR count). The molecule has 106 valence electrons. The van der Waals surface area contributed by atoms with Crippen LogP contribution < -0.4 is 10.5 Å². The normalized spacial score (nSPS) is 10.8. The molecule has 0 saturated heterocycles. The zero-order chi connectivity index (χ0) is 15.0. The molecule has 0 unspecified atom stereocenters. The zero-order valence-electron chi connectivity index (χ0n) is 11.7. The van der Waals surface area contributed by atoms with Crippen molar-refractivity contribution in [3.63, 3.8) is 0 Å². The van der Waals surface area contributed by atoms with Crippen molar-refractivity contribution in [3.8, 4) is 5.69 Å². The van der Waals surface area contributed by atoms with E-state index in [-0.39, 0.29) is 5.56 Å². The first-order valence-corrected chi connectivity index (χ1v) is 6.90. The van der Waals surface area contributed by atoms with E-state index < -0.39 is 0 Å². The Morgan fingerprint density at radius 1 is 1.14 bits per heavy atom. The van der Waals surface area contributed by atoms with Gasteiger partial charge in [-0.1, -0.05) is 17.7 Å². The summed E-state index contributed by atoms with van der Waals surface area (Å²) in [6.45, 7) is 0. The molecule has 0 saturated carbocycles. The van der Waals surface area contributed by atoms with Crippen LogP contribution in [0.4, 0.5) is 5.69 Å². The summed E-state index contributed by atoms with van der Waals surface area (Å²) in [4.78, 5) is 18.8. The number of halogens is 1. The summed E-state index contributed by atoms with van der Waals surface area (Å²) in [5.74, 6) is 0. The molecule has 2 aromatic heterocycles. The number of anilines is 1. The van der Waals surface area contributed by atoms with Crippen LogP contribution in [0.15, 0.2) is 53.5 Å². The van der Waals surface area contributed by atoms with Gasteiger partial charge in [-0.15, -0.1) is 0 Å². The standard InChI is InChI=1S/C16H14ClN3O/c1-19(2)14-10-15(21)20(12-6-3-5-11(17)9-12)16-13(14)7-4-8-18-16/h3-10H,1-2H3. The highest BCUT2D eigenvalue weighted by Crippen LogP contribution is 2.24. The molecule has 5 heteroatoms. The van der Waals surface area contributed by atoms with E-state index >= 15 is 0 Å². The summed E-state index contributed by atoms with van der Waals surface area (Å²) in [5, 5.41) is 1.50. The fourth-order valence-electron chi connectivity index (χ4n) is 2.37. The molecule has 21 heavy (non-hydrogen) atoms. The maximum atomic E-state index is 12.5. The van der Waals surface area contributed by atoms with Crippen LogP contribution in [-0.2, 0) is 0 Å². The van der Waals surface area contributed by atoms with Crippen LogP contribution in [0.5, 0.6) is 0 Å². The molecule has 3 aromatic rings. The second-order valence-electron chi connectivity index (χ2n) is 4.95. The van der Waals surface area contributed by atoms with Crippen molar-refractivity contribution in [2.45, 2.75) is 0 Å². The van der Waals surface area contributed by atoms with Crippen LogP contribution in [-0.4, -0.2) is 23.6 Å². The van der Waals surface area contributed by atoms with Gasteiger partial charge in [-0.2, -0.15) is 0 Å². The average Bonchev–Trinajstić information content (AvgIpc) is 2.46. The van der Waals surface area contributed by atoms with Gasteiger partial charge in [0.05, 0.1) is 11.4 Å². The first-order chi connectivity index (χ1) is 10.1. The van der Waals surface area contributed by atoms with Gasteiger partial charge in [0, 0.05) is 36.8 Å². The summed E-state index contributed by atoms with van der Waals surface area (Å²) in [6.07, 6.45) is 1.68. The van der Waals surface area contributed by atoms with Gasteiger partial charge in [0.2, 0.25) is 0 Å². The number of hydrogen-bond donors (Lipinski definition) is 0. The number of pyridine rings is 2. The topological polar surface area (TPSA) is 38.1 Å². The highest BCUT2D eigenvalue weighted by Gasteiger charge is 2.12. The molecule has 0 aliphatic carbocycles. The number of nitrogens with zero attached hydrogens (tertiary/aromatic N) is 3.